The fourth-order valence-electron chi connectivity index (χ4n) is 8.16. The Kier molecular flexibility index (Phi) is 6.17. The van der Waals surface area contributed by atoms with Crippen molar-refractivity contribution in [1.82, 2.24) is 24.7 Å². The standard InChI is InChI=1S/C37H35N5O4/c43-35-32-27(18-38-35)30-25-10-4-6-12-28(25)41-20-37(45,21-42-29-13-7-5-11-26(29)31(32)34(42)33(30)41)22-46-36(44)39-24-14-16-40(17-15-24)19-23-8-2-1-3-9-23/h1-13,24,45H,14-22H2,(H,38,43)(H,39,44). The number of rotatable bonds is 5. The lowest BCUT2D eigenvalue weighted by molar-refractivity contribution is -0.0429. The van der Waals surface area contributed by atoms with E-state index in [2.05, 4.69) is 67.1 Å². The summed E-state index contributed by atoms with van der Waals surface area (Å²) in [7, 11) is 0. The van der Waals surface area contributed by atoms with Crippen LogP contribution >= 0.6 is 0 Å². The van der Waals surface area contributed by atoms with Crippen molar-refractivity contribution in [3.8, 4) is 0 Å². The predicted octanol–water partition coefficient (Wildman–Crippen LogP) is 5.28. The third-order valence-electron chi connectivity index (χ3n) is 10.2. The van der Waals surface area contributed by atoms with Gasteiger partial charge in [0.15, 0.2) is 0 Å². The van der Waals surface area contributed by atoms with E-state index in [1.165, 1.54) is 5.56 Å². The Morgan fingerprint density at radius 3 is 2.17 bits per heavy atom. The number of para-hydroxylation sites is 2. The molecule has 232 valence electrons. The quantitative estimate of drug-likeness (QED) is 0.246. The van der Waals surface area contributed by atoms with Crippen LogP contribution in [0.3, 0.4) is 0 Å². The maximum Gasteiger partial charge on any atom is 0.407 e. The zero-order chi connectivity index (χ0) is 31.0. The zero-order valence-electron chi connectivity index (χ0n) is 25.5. The normalized spacial score (nSPS) is 20.1. The molecule has 9 rings (SSSR count). The van der Waals surface area contributed by atoms with Crippen molar-refractivity contribution in [3.05, 3.63) is 95.6 Å². The summed E-state index contributed by atoms with van der Waals surface area (Å²) < 4.78 is 10.1. The molecule has 0 saturated carbocycles. The number of nitrogens with zero attached hydrogens (tertiary/aromatic N) is 3. The maximum atomic E-state index is 13.3. The smallest absolute Gasteiger partial charge is 0.407 e. The van der Waals surface area contributed by atoms with Crippen LogP contribution in [0.2, 0.25) is 0 Å². The number of aromatic nitrogens is 2. The van der Waals surface area contributed by atoms with Gasteiger partial charge in [-0.25, -0.2) is 4.79 Å². The number of piperidine rings is 1. The largest absolute Gasteiger partial charge is 0.446 e. The number of aliphatic hydroxyl groups is 1. The minimum atomic E-state index is -1.40. The molecule has 0 radical (unpaired) electrons. The second-order valence-electron chi connectivity index (χ2n) is 13.2. The van der Waals surface area contributed by atoms with Crippen LogP contribution in [-0.2, 0) is 30.9 Å². The first-order valence-electron chi connectivity index (χ1n) is 16.1. The Labute approximate surface area is 265 Å². The monoisotopic (exact) mass is 613 g/mol. The van der Waals surface area contributed by atoms with Crippen molar-refractivity contribution >= 4 is 55.6 Å². The van der Waals surface area contributed by atoms with E-state index in [1.807, 2.05) is 36.4 Å². The Morgan fingerprint density at radius 1 is 0.870 bits per heavy atom. The second kappa shape index (κ2) is 10.3. The van der Waals surface area contributed by atoms with E-state index in [-0.39, 0.29) is 31.6 Å². The number of alkyl carbamates (subject to hydrolysis) is 1. The van der Waals surface area contributed by atoms with Gasteiger partial charge in [0.2, 0.25) is 0 Å². The molecule has 3 aliphatic heterocycles. The number of carbonyl (C=O) groups excluding carboxylic acids is 2. The SMILES string of the molecule is O=C(NC1CCN(Cc2ccccc2)CC1)OCC1(O)Cn2c3ccccc3c3c4c(c5c6ccccc6n(c5c32)C1)C(=O)NC4. The van der Waals surface area contributed by atoms with Gasteiger partial charge in [-0.3, -0.25) is 9.69 Å². The van der Waals surface area contributed by atoms with Crippen LogP contribution < -0.4 is 10.6 Å². The molecule has 9 nitrogen and oxygen atoms in total. The third kappa shape index (κ3) is 4.22. The van der Waals surface area contributed by atoms with Gasteiger partial charge in [0.05, 0.1) is 29.7 Å². The van der Waals surface area contributed by atoms with Crippen molar-refractivity contribution in [3.63, 3.8) is 0 Å². The molecule has 1 unspecified atom stereocenters. The fraction of sp³-hybridized carbons (Fsp3) is 0.297. The Morgan fingerprint density at radius 2 is 1.48 bits per heavy atom. The van der Waals surface area contributed by atoms with Crippen LogP contribution in [0.25, 0.3) is 43.6 Å². The van der Waals surface area contributed by atoms with E-state index in [1.54, 1.807) is 0 Å². The van der Waals surface area contributed by atoms with Crippen LogP contribution in [0.4, 0.5) is 4.79 Å². The lowest BCUT2D eigenvalue weighted by Crippen LogP contribution is -2.47. The summed E-state index contributed by atoms with van der Waals surface area (Å²) in [4.78, 5) is 28.9. The van der Waals surface area contributed by atoms with E-state index in [4.69, 9.17) is 4.74 Å². The third-order valence-corrected chi connectivity index (χ3v) is 10.2. The molecule has 1 saturated heterocycles. The van der Waals surface area contributed by atoms with Crippen LogP contribution in [0.1, 0.15) is 34.3 Å². The molecule has 46 heavy (non-hydrogen) atoms. The van der Waals surface area contributed by atoms with Gasteiger partial charge < -0.3 is 29.6 Å². The molecule has 2 amide bonds. The van der Waals surface area contributed by atoms with Gasteiger partial charge in [-0.15, -0.1) is 0 Å². The van der Waals surface area contributed by atoms with Crippen molar-refractivity contribution in [2.24, 2.45) is 0 Å². The van der Waals surface area contributed by atoms with Crippen LogP contribution in [0.5, 0.6) is 0 Å². The van der Waals surface area contributed by atoms with Crippen molar-refractivity contribution in [2.45, 2.75) is 50.7 Å². The molecule has 0 aliphatic carbocycles. The van der Waals surface area contributed by atoms with Gasteiger partial charge in [-0.05, 0) is 36.1 Å². The molecule has 1 atom stereocenters. The molecule has 4 aromatic carbocycles. The van der Waals surface area contributed by atoms with E-state index < -0.39 is 11.7 Å². The molecule has 1 fully saturated rings. The zero-order valence-corrected chi connectivity index (χ0v) is 25.5. The summed E-state index contributed by atoms with van der Waals surface area (Å²) in [6, 6.07) is 26.7. The number of carbonyl (C=O) groups is 2. The van der Waals surface area contributed by atoms with Gasteiger partial charge in [0, 0.05) is 64.8 Å². The number of likely N-dealkylation sites (tertiary alicyclic amines) is 1. The molecule has 6 aromatic rings. The Balaban J connectivity index is 1.03. The highest BCUT2D eigenvalue weighted by molar-refractivity contribution is 6.30. The number of nitrogens with one attached hydrogen (secondary N) is 2. The molecular formula is C37H35N5O4. The van der Waals surface area contributed by atoms with Crippen LogP contribution in [0.15, 0.2) is 78.9 Å². The van der Waals surface area contributed by atoms with E-state index in [0.29, 0.717) is 6.54 Å². The summed E-state index contributed by atoms with van der Waals surface area (Å²) in [5.74, 6) is -0.0675. The number of ether oxygens (including phenoxy) is 1. The van der Waals surface area contributed by atoms with Crippen LogP contribution in [-0.4, -0.2) is 62.5 Å². The fourth-order valence-corrected chi connectivity index (χ4v) is 8.16. The maximum absolute atomic E-state index is 13.3. The summed E-state index contributed by atoms with van der Waals surface area (Å²) in [6.45, 7) is 3.47. The molecule has 5 heterocycles. The minimum Gasteiger partial charge on any atom is -0.446 e. The lowest BCUT2D eigenvalue weighted by atomic mass is 9.97. The topological polar surface area (TPSA) is 101 Å². The predicted molar refractivity (Wildman–Crippen MR) is 178 cm³/mol. The number of benzene rings is 4. The highest BCUT2D eigenvalue weighted by Gasteiger charge is 2.39. The van der Waals surface area contributed by atoms with Gasteiger partial charge in [-0.2, -0.15) is 0 Å². The highest BCUT2D eigenvalue weighted by atomic mass is 16.6. The first-order chi connectivity index (χ1) is 22.5. The molecule has 9 heteroatoms. The highest BCUT2D eigenvalue weighted by Crippen LogP contribution is 2.46. The van der Waals surface area contributed by atoms with Crippen LogP contribution in [0, 0.1) is 0 Å². The average molecular weight is 614 g/mol. The van der Waals surface area contributed by atoms with Crippen molar-refractivity contribution < 1.29 is 19.4 Å². The summed E-state index contributed by atoms with van der Waals surface area (Å²) in [5, 5.41) is 22.5. The van der Waals surface area contributed by atoms with E-state index in [9.17, 15) is 14.7 Å². The number of amides is 2. The average Bonchev–Trinajstić information content (AvgIpc) is 3.68. The van der Waals surface area contributed by atoms with Gasteiger partial charge >= 0.3 is 6.09 Å². The summed E-state index contributed by atoms with van der Waals surface area (Å²) in [5.41, 5.74) is 5.48. The molecule has 2 aromatic heterocycles. The summed E-state index contributed by atoms with van der Waals surface area (Å²) >= 11 is 0. The molecule has 0 bridgehead atoms. The Hall–Kier alpha value is -4.86. The van der Waals surface area contributed by atoms with Crippen molar-refractivity contribution in [2.75, 3.05) is 19.7 Å². The second-order valence-corrected chi connectivity index (χ2v) is 13.2. The minimum absolute atomic E-state index is 0.0297. The van der Waals surface area contributed by atoms with Gasteiger partial charge in [0.1, 0.15) is 12.2 Å². The first kappa shape index (κ1) is 27.5. The first-order valence-corrected chi connectivity index (χ1v) is 16.1. The van der Waals surface area contributed by atoms with Crippen molar-refractivity contribution in [1.29, 1.82) is 0 Å². The number of hydrogen-bond donors (Lipinski definition) is 3. The summed E-state index contributed by atoms with van der Waals surface area (Å²) in [6.07, 6.45) is 1.19. The number of hydrogen-bond acceptors (Lipinski definition) is 5. The Bertz CT molecular complexity index is 2190. The van der Waals surface area contributed by atoms with Gasteiger partial charge in [-0.1, -0.05) is 66.7 Å². The lowest BCUT2D eigenvalue weighted by Gasteiger charge is -2.32. The molecule has 3 N–H and O–H groups in total. The molecular weight excluding hydrogens is 578 g/mol. The van der Waals surface area contributed by atoms with E-state index >= 15 is 0 Å². The molecule has 0 spiro atoms. The molecule has 3 aliphatic rings. The van der Waals surface area contributed by atoms with Gasteiger partial charge in [0.25, 0.3) is 5.91 Å². The number of fused-ring (bicyclic) bond motifs is 9. The van der Waals surface area contributed by atoms with E-state index in [0.717, 1.165) is 87.2 Å².